The Hall–Kier alpha value is -2.23. The lowest BCUT2D eigenvalue weighted by Crippen LogP contribution is -2.45. The first-order chi connectivity index (χ1) is 14.4. The van der Waals surface area contributed by atoms with Crippen molar-refractivity contribution >= 4 is 35.0 Å². The van der Waals surface area contributed by atoms with Crippen molar-refractivity contribution in [2.45, 2.75) is 39.0 Å². The van der Waals surface area contributed by atoms with Gasteiger partial charge >= 0.3 is 5.97 Å². The number of rotatable bonds is 7. The van der Waals surface area contributed by atoms with Crippen LogP contribution in [-0.4, -0.2) is 76.1 Å². The highest BCUT2D eigenvalue weighted by atomic mass is 32.2. The minimum absolute atomic E-state index is 0.230. The van der Waals surface area contributed by atoms with Gasteiger partial charge in [0.25, 0.3) is 0 Å². The van der Waals surface area contributed by atoms with E-state index in [1.807, 2.05) is 0 Å². The lowest BCUT2D eigenvalue weighted by molar-refractivity contribution is -0.138. The van der Waals surface area contributed by atoms with E-state index in [0.717, 1.165) is 56.6 Å². The largest absolute Gasteiger partial charge is 0.481 e. The number of thioether (sulfide) groups is 1. The fourth-order valence-electron chi connectivity index (χ4n) is 3.66. The van der Waals surface area contributed by atoms with Crippen molar-refractivity contribution in [2.75, 3.05) is 32.7 Å². The molecule has 2 N–H and O–H groups in total. The molecule has 2 aliphatic heterocycles. The van der Waals surface area contributed by atoms with Gasteiger partial charge in [0, 0.05) is 32.7 Å². The molecular weight excluding hydrogens is 402 g/mol. The van der Waals surface area contributed by atoms with Crippen molar-refractivity contribution < 1.29 is 14.7 Å². The third kappa shape index (κ3) is 5.90. The van der Waals surface area contributed by atoms with Gasteiger partial charge < -0.3 is 15.3 Å². The van der Waals surface area contributed by atoms with E-state index >= 15 is 0 Å². The fraction of sp³-hybridized carbons (Fsp3) is 0.524. The summed E-state index contributed by atoms with van der Waals surface area (Å²) < 4.78 is 0. The Bertz CT molecular complexity index is 862. The van der Waals surface area contributed by atoms with Crippen LogP contribution in [0.1, 0.15) is 35.6 Å². The van der Waals surface area contributed by atoms with Crippen LogP contribution in [0, 0.1) is 13.8 Å². The van der Waals surface area contributed by atoms with Crippen molar-refractivity contribution in [3.8, 4) is 0 Å². The monoisotopic (exact) mass is 431 g/mol. The molecule has 2 heterocycles. The number of amides is 1. The minimum Gasteiger partial charge on any atom is -0.481 e. The van der Waals surface area contributed by atoms with Crippen molar-refractivity contribution in [2.24, 2.45) is 10.2 Å². The number of benzene rings is 1. The van der Waals surface area contributed by atoms with Gasteiger partial charge in [0.2, 0.25) is 5.91 Å². The zero-order valence-electron chi connectivity index (χ0n) is 17.7. The fourth-order valence-corrected chi connectivity index (χ4v) is 4.57. The van der Waals surface area contributed by atoms with Gasteiger partial charge in [-0.2, -0.15) is 5.10 Å². The molecule has 0 bridgehead atoms. The Morgan fingerprint density at radius 2 is 1.97 bits per heavy atom. The molecule has 162 valence electrons. The summed E-state index contributed by atoms with van der Waals surface area (Å²) in [5, 5.41) is 19.3. The molecule has 1 unspecified atom stereocenters. The van der Waals surface area contributed by atoms with Gasteiger partial charge in [0.05, 0.1) is 12.6 Å². The van der Waals surface area contributed by atoms with E-state index in [2.05, 4.69) is 58.2 Å². The van der Waals surface area contributed by atoms with E-state index in [4.69, 9.17) is 5.11 Å². The number of carbonyl (C=O) groups is 2. The van der Waals surface area contributed by atoms with Crippen LogP contribution >= 0.6 is 11.8 Å². The molecule has 1 aromatic carbocycles. The SMILES string of the molecule is CCN1CCN(Cc2cc(C)cc(C=NN=C3NC(=O)C(CC(=O)O)S3)c2C)CC1. The standard InChI is InChI=1S/C21H29N5O3S/c1-4-25-5-7-26(8-6-25)13-17-10-14(2)9-16(15(17)3)12-22-24-21-23-20(29)18(30-21)11-19(27)28/h9-10,12,18H,4-8,11,13H2,1-3H3,(H,27,28)(H,23,24,29). The maximum atomic E-state index is 11.8. The van der Waals surface area contributed by atoms with Gasteiger partial charge in [-0.25, -0.2) is 0 Å². The Balaban J connectivity index is 1.66. The van der Waals surface area contributed by atoms with Crippen molar-refractivity contribution in [1.29, 1.82) is 0 Å². The summed E-state index contributed by atoms with van der Waals surface area (Å²) in [5.41, 5.74) is 4.63. The van der Waals surface area contributed by atoms with Crippen molar-refractivity contribution in [3.63, 3.8) is 0 Å². The van der Waals surface area contributed by atoms with Gasteiger partial charge in [0.15, 0.2) is 5.17 Å². The summed E-state index contributed by atoms with van der Waals surface area (Å²) in [6.07, 6.45) is 1.47. The van der Waals surface area contributed by atoms with Crippen LogP contribution < -0.4 is 5.32 Å². The summed E-state index contributed by atoms with van der Waals surface area (Å²) in [7, 11) is 0. The van der Waals surface area contributed by atoms with E-state index in [1.54, 1.807) is 6.21 Å². The molecule has 2 fully saturated rings. The first-order valence-electron chi connectivity index (χ1n) is 10.2. The van der Waals surface area contributed by atoms with E-state index in [1.165, 1.54) is 16.7 Å². The molecule has 1 atom stereocenters. The Kier molecular flexibility index (Phi) is 7.63. The van der Waals surface area contributed by atoms with E-state index in [9.17, 15) is 9.59 Å². The van der Waals surface area contributed by atoms with Crippen molar-refractivity contribution in [3.05, 3.63) is 34.4 Å². The van der Waals surface area contributed by atoms with Crippen molar-refractivity contribution in [1.82, 2.24) is 15.1 Å². The number of carboxylic acid groups (broad SMARTS) is 1. The Morgan fingerprint density at radius 1 is 1.27 bits per heavy atom. The van der Waals surface area contributed by atoms with E-state index < -0.39 is 11.2 Å². The average Bonchev–Trinajstić information content (AvgIpc) is 3.04. The second-order valence-corrected chi connectivity index (χ2v) is 8.88. The normalized spacial score (nSPS) is 22.2. The molecule has 0 spiro atoms. The maximum absolute atomic E-state index is 11.8. The molecule has 2 aliphatic rings. The zero-order valence-corrected chi connectivity index (χ0v) is 18.5. The highest BCUT2D eigenvalue weighted by Crippen LogP contribution is 2.22. The van der Waals surface area contributed by atoms with E-state index in [0.29, 0.717) is 5.17 Å². The number of likely N-dealkylation sites (N-methyl/N-ethyl adjacent to an activating group) is 1. The molecule has 30 heavy (non-hydrogen) atoms. The predicted molar refractivity (Wildman–Crippen MR) is 120 cm³/mol. The number of carboxylic acids is 1. The van der Waals surface area contributed by atoms with Gasteiger partial charge in [-0.3, -0.25) is 14.5 Å². The predicted octanol–water partition coefficient (Wildman–Crippen LogP) is 1.84. The second-order valence-electron chi connectivity index (χ2n) is 7.69. The van der Waals surface area contributed by atoms with Crippen LogP contribution in [0.2, 0.25) is 0 Å². The van der Waals surface area contributed by atoms with Gasteiger partial charge in [0.1, 0.15) is 5.25 Å². The number of piperazine rings is 1. The summed E-state index contributed by atoms with van der Waals surface area (Å²) >= 11 is 1.10. The smallest absolute Gasteiger partial charge is 0.305 e. The van der Waals surface area contributed by atoms with Gasteiger partial charge in [-0.1, -0.05) is 36.4 Å². The molecule has 8 nitrogen and oxygen atoms in total. The summed E-state index contributed by atoms with van der Waals surface area (Å²) in [6.45, 7) is 12.8. The summed E-state index contributed by atoms with van der Waals surface area (Å²) in [5.74, 6) is -1.35. The Morgan fingerprint density at radius 3 is 2.63 bits per heavy atom. The van der Waals surface area contributed by atoms with Crippen LogP contribution in [0.25, 0.3) is 0 Å². The molecule has 1 aromatic rings. The average molecular weight is 432 g/mol. The van der Waals surface area contributed by atoms with Gasteiger partial charge in [-0.05, 0) is 37.1 Å². The summed E-state index contributed by atoms with van der Waals surface area (Å²) in [6, 6.07) is 4.31. The molecule has 0 aromatic heterocycles. The molecule has 0 radical (unpaired) electrons. The van der Waals surface area contributed by atoms with E-state index in [-0.39, 0.29) is 12.3 Å². The van der Waals surface area contributed by atoms with Gasteiger partial charge in [-0.15, -0.1) is 5.10 Å². The highest BCUT2D eigenvalue weighted by molar-refractivity contribution is 8.15. The lowest BCUT2D eigenvalue weighted by atomic mass is 9.99. The van der Waals surface area contributed by atoms with Crippen LogP contribution in [0.3, 0.4) is 0 Å². The zero-order chi connectivity index (χ0) is 21.7. The third-order valence-electron chi connectivity index (χ3n) is 5.49. The van der Waals surface area contributed by atoms with Crippen LogP contribution in [0.5, 0.6) is 0 Å². The number of hydrogen-bond acceptors (Lipinski definition) is 7. The minimum atomic E-state index is -1.01. The molecule has 9 heteroatoms. The molecule has 3 rings (SSSR count). The maximum Gasteiger partial charge on any atom is 0.305 e. The lowest BCUT2D eigenvalue weighted by Gasteiger charge is -2.34. The summed E-state index contributed by atoms with van der Waals surface area (Å²) in [4.78, 5) is 27.6. The number of carbonyl (C=O) groups excluding carboxylic acids is 1. The topological polar surface area (TPSA) is 97.6 Å². The Labute approximate surface area is 181 Å². The van der Waals surface area contributed by atoms with Crippen LogP contribution in [-0.2, 0) is 16.1 Å². The number of nitrogens with one attached hydrogen (secondary N) is 1. The molecule has 1 amide bonds. The number of nitrogens with zero attached hydrogens (tertiary/aromatic N) is 4. The number of aliphatic carboxylic acids is 1. The highest BCUT2D eigenvalue weighted by Gasteiger charge is 2.32. The number of amidine groups is 1. The molecule has 2 saturated heterocycles. The third-order valence-corrected chi connectivity index (χ3v) is 6.56. The first kappa shape index (κ1) is 22.5. The molecule has 0 aliphatic carbocycles. The quantitative estimate of drug-likeness (QED) is 0.505. The van der Waals surface area contributed by atoms with Crippen LogP contribution in [0.15, 0.2) is 22.3 Å². The molecular formula is C21H29N5O3S. The number of aryl methyl sites for hydroxylation is 1. The van der Waals surface area contributed by atoms with Crippen LogP contribution in [0.4, 0.5) is 0 Å². The number of hydrogen-bond donors (Lipinski definition) is 2. The second kappa shape index (κ2) is 10.2. The first-order valence-corrected chi connectivity index (χ1v) is 11.1. The molecule has 0 saturated carbocycles.